The summed E-state index contributed by atoms with van der Waals surface area (Å²) in [4.78, 5) is 6.47. The Morgan fingerprint density at radius 1 is 1.03 bits per heavy atom. The summed E-state index contributed by atoms with van der Waals surface area (Å²) in [6.07, 6.45) is 0.941. The third-order valence-corrected chi connectivity index (χ3v) is 5.06. The molecule has 1 aromatic heterocycles. The summed E-state index contributed by atoms with van der Waals surface area (Å²) in [5.74, 6) is 0.795. The maximum atomic E-state index is 4.63. The van der Waals surface area contributed by atoms with Crippen molar-refractivity contribution in [2.24, 2.45) is 4.99 Å². The first-order chi connectivity index (χ1) is 14.5. The van der Waals surface area contributed by atoms with E-state index in [-0.39, 0.29) is 24.0 Å². The van der Waals surface area contributed by atoms with Gasteiger partial charge in [0.1, 0.15) is 0 Å². The number of benzene rings is 2. The first-order valence-electron chi connectivity index (χ1n) is 10.3. The fraction of sp³-hybridized carbons (Fsp3) is 0.333. The van der Waals surface area contributed by atoms with Crippen LogP contribution >= 0.6 is 24.0 Å². The number of aliphatic imine (C=N–C) groups is 1. The number of anilines is 1. The van der Waals surface area contributed by atoms with Gasteiger partial charge in [0.2, 0.25) is 0 Å². The van der Waals surface area contributed by atoms with Crippen LogP contribution in [0, 0.1) is 13.8 Å². The van der Waals surface area contributed by atoms with Gasteiger partial charge in [0, 0.05) is 45.6 Å². The maximum Gasteiger partial charge on any atom is 0.191 e. The van der Waals surface area contributed by atoms with E-state index in [0.29, 0.717) is 6.54 Å². The Hall–Kier alpha value is -2.55. The molecule has 0 spiro atoms. The van der Waals surface area contributed by atoms with Gasteiger partial charge in [-0.25, -0.2) is 4.68 Å². The van der Waals surface area contributed by atoms with E-state index in [2.05, 4.69) is 95.2 Å². The summed E-state index contributed by atoms with van der Waals surface area (Å²) < 4.78 is 2.00. The van der Waals surface area contributed by atoms with Gasteiger partial charge in [-0.2, -0.15) is 5.10 Å². The third-order valence-electron chi connectivity index (χ3n) is 5.06. The summed E-state index contributed by atoms with van der Waals surface area (Å²) in [5.41, 5.74) is 6.93. The molecule has 0 radical (unpaired) electrons. The largest absolute Gasteiger partial charge is 0.378 e. The number of rotatable bonds is 7. The van der Waals surface area contributed by atoms with Gasteiger partial charge in [0.25, 0.3) is 0 Å². The van der Waals surface area contributed by atoms with Crippen LogP contribution in [-0.4, -0.2) is 43.4 Å². The highest BCUT2D eigenvalue weighted by atomic mass is 127. The molecule has 1 heterocycles. The average Bonchev–Trinajstić information content (AvgIpc) is 3.08. The van der Waals surface area contributed by atoms with Crippen LogP contribution in [0.3, 0.4) is 0 Å². The van der Waals surface area contributed by atoms with Gasteiger partial charge >= 0.3 is 0 Å². The average molecular weight is 532 g/mol. The number of aromatic nitrogens is 2. The fourth-order valence-electron chi connectivity index (χ4n) is 3.43. The number of guanidine groups is 1. The minimum absolute atomic E-state index is 0. The normalized spacial score (nSPS) is 11.1. The molecule has 0 atom stereocenters. The van der Waals surface area contributed by atoms with Crippen LogP contribution in [0.2, 0.25) is 0 Å². The standard InChI is InChI=1S/C24H32N6.HI/c1-18-16-19(2)30(28-18)23-9-7-6-8-21(23)17-27-24(25-3)26-15-14-20-10-12-22(13-11-20)29(4)5;/h6-13,16H,14-15,17H2,1-5H3,(H2,25,26,27);1H. The van der Waals surface area contributed by atoms with Gasteiger partial charge in [-0.15, -0.1) is 24.0 Å². The molecule has 6 nitrogen and oxygen atoms in total. The van der Waals surface area contributed by atoms with E-state index in [1.165, 1.54) is 16.8 Å². The number of halogens is 1. The topological polar surface area (TPSA) is 57.5 Å². The Kier molecular flexibility index (Phi) is 9.36. The molecule has 0 fully saturated rings. The van der Waals surface area contributed by atoms with Crippen molar-refractivity contribution >= 4 is 35.6 Å². The fourth-order valence-corrected chi connectivity index (χ4v) is 3.43. The van der Waals surface area contributed by atoms with Gasteiger partial charge < -0.3 is 15.5 Å². The Balaban J connectivity index is 0.00000341. The zero-order chi connectivity index (χ0) is 21.5. The zero-order valence-electron chi connectivity index (χ0n) is 19.0. The predicted octanol–water partition coefficient (Wildman–Crippen LogP) is 4.08. The number of hydrogen-bond acceptors (Lipinski definition) is 3. The highest BCUT2D eigenvalue weighted by molar-refractivity contribution is 14.0. The van der Waals surface area contributed by atoms with E-state index in [0.717, 1.165) is 36.0 Å². The minimum atomic E-state index is 0. The third kappa shape index (κ3) is 6.72. The molecule has 0 saturated heterocycles. The second-order valence-electron chi connectivity index (χ2n) is 7.63. The van der Waals surface area contributed by atoms with E-state index < -0.39 is 0 Å². The summed E-state index contributed by atoms with van der Waals surface area (Å²) in [5, 5.41) is 11.5. The van der Waals surface area contributed by atoms with Crippen molar-refractivity contribution < 1.29 is 0 Å². The summed E-state index contributed by atoms with van der Waals surface area (Å²) in [6, 6.07) is 19.1. The van der Waals surface area contributed by atoms with Gasteiger partial charge in [0.05, 0.1) is 11.4 Å². The predicted molar refractivity (Wildman–Crippen MR) is 141 cm³/mol. The molecule has 0 bridgehead atoms. The lowest BCUT2D eigenvalue weighted by atomic mass is 10.1. The number of nitrogens with one attached hydrogen (secondary N) is 2. The highest BCUT2D eigenvalue weighted by Gasteiger charge is 2.09. The van der Waals surface area contributed by atoms with Crippen LogP contribution < -0.4 is 15.5 Å². The molecule has 0 aliphatic carbocycles. The zero-order valence-corrected chi connectivity index (χ0v) is 21.3. The Morgan fingerprint density at radius 2 is 1.74 bits per heavy atom. The Morgan fingerprint density at radius 3 is 2.35 bits per heavy atom. The molecule has 7 heteroatoms. The molecular weight excluding hydrogens is 499 g/mol. The lowest BCUT2D eigenvalue weighted by molar-refractivity contribution is 0.775. The van der Waals surface area contributed by atoms with Crippen molar-refractivity contribution in [2.45, 2.75) is 26.8 Å². The Bertz CT molecular complexity index is 992. The second-order valence-corrected chi connectivity index (χ2v) is 7.63. The van der Waals surface area contributed by atoms with Crippen molar-refractivity contribution in [2.75, 3.05) is 32.6 Å². The smallest absolute Gasteiger partial charge is 0.191 e. The maximum absolute atomic E-state index is 4.63. The van der Waals surface area contributed by atoms with Crippen LogP contribution in [0.1, 0.15) is 22.5 Å². The van der Waals surface area contributed by atoms with E-state index in [1.807, 2.05) is 17.7 Å². The molecule has 31 heavy (non-hydrogen) atoms. The Labute approximate surface area is 202 Å². The highest BCUT2D eigenvalue weighted by Crippen LogP contribution is 2.17. The molecule has 166 valence electrons. The molecule has 0 aliphatic rings. The summed E-state index contributed by atoms with van der Waals surface area (Å²) >= 11 is 0. The van der Waals surface area contributed by atoms with E-state index >= 15 is 0 Å². The summed E-state index contributed by atoms with van der Waals surface area (Å²) in [7, 11) is 5.91. The summed E-state index contributed by atoms with van der Waals surface area (Å²) in [6.45, 7) is 5.59. The lowest BCUT2D eigenvalue weighted by Crippen LogP contribution is -2.38. The first-order valence-corrected chi connectivity index (χ1v) is 10.3. The van der Waals surface area contributed by atoms with Gasteiger partial charge in [-0.1, -0.05) is 30.3 Å². The van der Waals surface area contributed by atoms with Crippen LogP contribution in [0.5, 0.6) is 0 Å². The monoisotopic (exact) mass is 532 g/mol. The number of hydrogen-bond donors (Lipinski definition) is 2. The molecule has 2 N–H and O–H groups in total. The minimum Gasteiger partial charge on any atom is -0.378 e. The van der Waals surface area contributed by atoms with Crippen molar-refractivity contribution in [3.8, 4) is 5.69 Å². The van der Waals surface area contributed by atoms with Gasteiger partial charge in [-0.05, 0) is 55.7 Å². The van der Waals surface area contributed by atoms with E-state index in [1.54, 1.807) is 7.05 Å². The second kappa shape index (κ2) is 11.7. The first kappa shape index (κ1) is 24.7. The van der Waals surface area contributed by atoms with Crippen molar-refractivity contribution in [3.05, 3.63) is 77.1 Å². The number of nitrogens with zero attached hydrogens (tertiary/aromatic N) is 4. The van der Waals surface area contributed by atoms with Crippen LogP contribution in [0.4, 0.5) is 5.69 Å². The van der Waals surface area contributed by atoms with Crippen molar-refractivity contribution in [1.82, 2.24) is 20.4 Å². The van der Waals surface area contributed by atoms with E-state index in [4.69, 9.17) is 0 Å². The molecule has 0 amide bonds. The molecule has 2 aromatic carbocycles. The lowest BCUT2D eigenvalue weighted by Gasteiger charge is -2.15. The molecular formula is C24H33IN6. The van der Waals surface area contributed by atoms with Crippen LogP contribution in [-0.2, 0) is 13.0 Å². The SMILES string of the molecule is CN=C(NCCc1ccc(N(C)C)cc1)NCc1ccccc1-n1nc(C)cc1C.I. The quantitative estimate of drug-likeness (QED) is 0.274. The van der Waals surface area contributed by atoms with Crippen molar-refractivity contribution in [3.63, 3.8) is 0 Å². The van der Waals surface area contributed by atoms with Gasteiger partial charge in [-0.3, -0.25) is 4.99 Å². The number of aryl methyl sites for hydroxylation is 2. The van der Waals surface area contributed by atoms with E-state index in [9.17, 15) is 0 Å². The molecule has 0 aliphatic heterocycles. The van der Waals surface area contributed by atoms with Crippen LogP contribution in [0.25, 0.3) is 5.69 Å². The molecule has 0 saturated carbocycles. The van der Waals surface area contributed by atoms with Crippen molar-refractivity contribution in [1.29, 1.82) is 0 Å². The van der Waals surface area contributed by atoms with Gasteiger partial charge in [0.15, 0.2) is 5.96 Å². The number of para-hydroxylation sites is 1. The molecule has 3 aromatic rings. The molecule has 3 rings (SSSR count). The molecule has 0 unspecified atom stereocenters. The van der Waals surface area contributed by atoms with Crippen LogP contribution in [0.15, 0.2) is 59.6 Å².